The molecule has 0 aliphatic rings. The molecule has 0 aliphatic heterocycles. The predicted octanol–water partition coefficient (Wildman–Crippen LogP) is 3.59. The zero-order chi connectivity index (χ0) is 25.0. The lowest BCUT2D eigenvalue weighted by Crippen LogP contribution is -2.27. The van der Waals surface area contributed by atoms with Gasteiger partial charge in [-0.1, -0.05) is 0 Å². The second-order valence-corrected chi connectivity index (χ2v) is 8.93. The van der Waals surface area contributed by atoms with E-state index < -0.39 is 17.5 Å². The molecule has 0 fully saturated rings. The van der Waals surface area contributed by atoms with Crippen LogP contribution in [0.2, 0.25) is 0 Å². The highest BCUT2D eigenvalue weighted by Gasteiger charge is 2.19. The molecule has 3 rings (SSSR count). The summed E-state index contributed by atoms with van der Waals surface area (Å²) in [5.74, 6) is 0.709. The van der Waals surface area contributed by atoms with Crippen LogP contribution in [0.25, 0.3) is 11.4 Å². The average molecular weight is 472 g/mol. The van der Waals surface area contributed by atoms with Crippen LogP contribution in [-0.2, 0) is 24.9 Å². The van der Waals surface area contributed by atoms with Crippen molar-refractivity contribution in [3.63, 3.8) is 0 Å². The smallest absolute Gasteiger partial charge is 0.413 e. The number of aromatic nitrogens is 4. The summed E-state index contributed by atoms with van der Waals surface area (Å²) >= 11 is 0. The van der Waals surface area contributed by atoms with Crippen LogP contribution >= 0.6 is 0 Å². The average Bonchev–Trinajstić information content (AvgIpc) is 3.15. The third-order valence-electron chi connectivity index (χ3n) is 4.64. The number of methoxy groups -OCH3 is 1. The van der Waals surface area contributed by atoms with Crippen LogP contribution in [0, 0.1) is 5.82 Å². The monoisotopic (exact) mass is 471 g/mol. The predicted molar refractivity (Wildman–Crippen MR) is 127 cm³/mol. The maximum Gasteiger partial charge on any atom is 0.413 e. The number of nitrogens with one attached hydrogen (secondary N) is 1. The summed E-state index contributed by atoms with van der Waals surface area (Å²) in [7, 11) is 5.14. The van der Waals surface area contributed by atoms with E-state index in [2.05, 4.69) is 20.4 Å². The number of nitrogens with two attached hydrogens (primary N) is 1. The minimum Gasteiger partial charge on any atom is -0.494 e. The van der Waals surface area contributed by atoms with Gasteiger partial charge in [-0.15, -0.1) is 0 Å². The van der Waals surface area contributed by atoms with Gasteiger partial charge in [-0.05, 0) is 57.6 Å². The van der Waals surface area contributed by atoms with Gasteiger partial charge in [0.05, 0.1) is 24.1 Å². The normalized spacial score (nSPS) is 11.5. The first-order valence-corrected chi connectivity index (χ1v) is 10.6. The van der Waals surface area contributed by atoms with Crippen molar-refractivity contribution < 1.29 is 18.7 Å². The highest BCUT2D eigenvalue weighted by molar-refractivity contribution is 5.83. The molecule has 11 heteroatoms. The van der Waals surface area contributed by atoms with E-state index in [9.17, 15) is 9.18 Å². The Morgan fingerprint density at radius 1 is 1.26 bits per heavy atom. The number of amides is 1. The molecule has 1 amide bonds. The fourth-order valence-electron chi connectivity index (χ4n) is 3.36. The van der Waals surface area contributed by atoms with Gasteiger partial charge in [0.15, 0.2) is 11.6 Å². The Balaban J connectivity index is 1.76. The Bertz CT molecular complexity index is 1170. The SMILES string of the molecule is COc1c(N)cc(CN(C)Cc2nc(NC(=O)OC(C)(C)C)ccc2F)cc1-c1ncn(C)n1. The van der Waals surface area contributed by atoms with Crippen molar-refractivity contribution in [2.45, 2.75) is 39.5 Å². The molecule has 34 heavy (non-hydrogen) atoms. The lowest BCUT2D eigenvalue weighted by Gasteiger charge is -2.20. The van der Waals surface area contributed by atoms with E-state index >= 15 is 0 Å². The Morgan fingerprint density at radius 2 is 2.00 bits per heavy atom. The van der Waals surface area contributed by atoms with Crippen molar-refractivity contribution in [3.05, 3.63) is 47.7 Å². The van der Waals surface area contributed by atoms with Gasteiger partial charge in [0.25, 0.3) is 0 Å². The Kier molecular flexibility index (Phi) is 7.35. The van der Waals surface area contributed by atoms with E-state index in [1.54, 1.807) is 44.9 Å². The van der Waals surface area contributed by atoms with Gasteiger partial charge in [-0.2, -0.15) is 5.10 Å². The summed E-state index contributed by atoms with van der Waals surface area (Å²) in [6.07, 6.45) is 0.937. The van der Waals surface area contributed by atoms with Crippen molar-refractivity contribution >= 4 is 17.6 Å². The topological polar surface area (TPSA) is 120 Å². The molecule has 0 atom stereocenters. The van der Waals surface area contributed by atoms with Gasteiger partial charge in [-0.3, -0.25) is 14.9 Å². The van der Waals surface area contributed by atoms with Gasteiger partial charge in [0, 0.05) is 20.1 Å². The van der Waals surface area contributed by atoms with Gasteiger partial charge in [-0.25, -0.2) is 19.2 Å². The number of rotatable bonds is 7. The minimum absolute atomic E-state index is 0.184. The minimum atomic E-state index is -0.657. The lowest BCUT2D eigenvalue weighted by atomic mass is 10.1. The molecular weight excluding hydrogens is 441 g/mol. The number of benzene rings is 1. The highest BCUT2D eigenvalue weighted by atomic mass is 19.1. The van der Waals surface area contributed by atoms with Crippen molar-refractivity contribution in [1.29, 1.82) is 0 Å². The third kappa shape index (κ3) is 6.41. The number of hydrogen-bond donors (Lipinski definition) is 2. The van der Waals surface area contributed by atoms with Gasteiger partial charge < -0.3 is 15.2 Å². The summed E-state index contributed by atoms with van der Waals surface area (Å²) in [4.78, 5) is 22.4. The molecule has 2 heterocycles. The molecule has 0 aliphatic carbocycles. The molecule has 10 nitrogen and oxygen atoms in total. The van der Waals surface area contributed by atoms with E-state index in [-0.39, 0.29) is 18.1 Å². The Morgan fingerprint density at radius 3 is 2.62 bits per heavy atom. The molecule has 0 saturated heterocycles. The maximum atomic E-state index is 14.4. The second kappa shape index (κ2) is 10.0. The number of halogens is 1. The molecule has 0 spiro atoms. The van der Waals surface area contributed by atoms with Gasteiger partial charge in [0.2, 0.25) is 0 Å². The molecule has 182 valence electrons. The van der Waals surface area contributed by atoms with Crippen LogP contribution in [0.1, 0.15) is 32.0 Å². The number of nitrogen functional groups attached to an aromatic ring is 1. The first-order chi connectivity index (χ1) is 15.9. The fourth-order valence-corrected chi connectivity index (χ4v) is 3.36. The molecule has 1 aromatic carbocycles. The molecule has 0 bridgehead atoms. The van der Waals surface area contributed by atoms with Gasteiger partial charge in [0.1, 0.15) is 23.6 Å². The molecule has 0 radical (unpaired) electrons. The van der Waals surface area contributed by atoms with E-state index in [0.29, 0.717) is 29.4 Å². The Hall–Kier alpha value is -3.73. The lowest BCUT2D eigenvalue weighted by molar-refractivity contribution is 0.0635. The van der Waals surface area contributed by atoms with E-state index in [1.807, 2.05) is 18.0 Å². The largest absolute Gasteiger partial charge is 0.494 e. The van der Waals surface area contributed by atoms with Crippen molar-refractivity contribution in [2.24, 2.45) is 7.05 Å². The van der Waals surface area contributed by atoms with Crippen LogP contribution in [-0.4, -0.2) is 50.5 Å². The van der Waals surface area contributed by atoms with E-state index in [1.165, 1.54) is 19.2 Å². The summed E-state index contributed by atoms with van der Waals surface area (Å²) in [6.45, 7) is 5.91. The van der Waals surface area contributed by atoms with Crippen LogP contribution in [0.3, 0.4) is 0 Å². The summed E-state index contributed by atoms with van der Waals surface area (Å²) in [5.41, 5.74) is 7.72. The number of nitrogens with zero attached hydrogens (tertiary/aromatic N) is 5. The number of pyridine rings is 1. The fraction of sp³-hybridized carbons (Fsp3) is 0.391. The quantitative estimate of drug-likeness (QED) is 0.502. The molecule has 2 aromatic heterocycles. The maximum absolute atomic E-state index is 14.4. The first kappa shape index (κ1) is 24.9. The number of carbonyl (C=O) groups excluding carboxylic acids is 1. The number of aryl methyl sites for hydroxylation is 1. The molecule has 3 N–H and O–H groups in total. The molecule has 3 aromatic rings. The third-order valence-corrected chi connectivity index (χ3v) is 4.64. The Labute approximate surface area is 197 Å². The summed E-state index contributed by atoms with van der Waals surface area (Å²) in [5, 5.41) is 6.87. The molecular formula is C23H30FN7O3. The van der Waals surface area contributed by atoms with Crippen LogP contribution in [0.5, 0.6) is 5.75 Å². The van der Waals surface area contributed by atoms with Crippen molar-refractivity contribution in [2.75, 3.05) is 25.2 Å². The van der Waals surface area contributed by atoms with Crippen LogP contribution in [0.4, 0.5) is 20.7 Å². The zero-order valence-corrected chi connectivity index (χ0v) is 20.2. The van der Waals surface area contributed by atoms with Gasteiger partial charge >= 0.3 is 6.09 Å². The standard InChI is InChI=1S/C23H30FN7O3/c1-23(2,3)34-22(32)28-19-8-7-16(24)18(27-19)12-30(4)11-14-9-15(20(33-6)17(25)10-14)21-26-13-31(5)29-21/h7-10,13H,11-12,25H2,1-6H3,(H,27,28,32). The van der Waals surface area contributed by atoms with E-state index in [4.69, 9.17) is 15.2 Å². The second-order valence-electron chi connectivity index (χ2n) is 8.93. The van der Waals surface area contributed by atoms with Crippen LogP contribution in [0.15, 0.2) is 30.6 Å². The summed E-state index contributed by atoms with van der Waals surface area (Å²) in [6, 6.07) is 6.34. The van der Waals surface area contributed by atoms with Crippen molar-refractivity contribution in [1.82, 2.24) is 24.6 Å². The first-order valence-electron chi connectivity index (χ1n) is 10.6. The zero-order valence-electron chi connectivity index (χ0n) is 20.2. The van der Waals surface area contributed by atoms with Crippen molar-refractivity contribution in [3.8, 4) is 17.1 Å². The van der Waals surface area contributed by atoms with Crippen LogP contribution < -0.4 is 15.8 Å². The number of carbonyl (C=O) groups is 1. The molecule has 0 saturated carbocycles. The van der Waals surface area contributed by atoms with E-state index in [0.717, 1.165) is 5.56 Å². The summed E-state index contributed by atoms with van der Waals surface area (Å²) < 4.78 is 26.7. The molecule has 0 unspecified atom stereocenters. The highest BCUT2D eigenvalue weighted by Crippen LogP contribution is 2.34. The number of ether oxygens (including phenoxy) is 2. The number of hydrogen-bond acceptors (Lipinski definition) is 8. The number of anilines is 2.